The molecule has 1 N–H and O–H groups in total. The van der Waals surface area contributed by atoms with Crippen LogP contribution in [0.4, 0.5) is 0 Å². The van der Waals surface area contributed by atoms with Gasteiger partial charge in [0.15, 0.2) is 9.84 Å². The Kier molecular flexibility index (Phi) is 4.27. The molecule has 0 aromatic carbocycles. The highest BCUT2D eigenvalue weighted by atomic mass is 32.2. The zero-order valence-corrected chi connectivity index (χ0v) is 11.4. The third-order valence-electron chi connectivity index (χ3n) is 4.15. The Bertz CT molecular complexity index is 384. The lowest BCUT2D eigenvalue weighted by molar-refractivity contribution is -0.143. The molecular formula is C12H21NO4S. The first-order valence-corrected chi connectivity index (χ1v) is 8.44. The molecule has 1 aliphatic heterocycles. The Hall–Kier alpha value is -0.620. The second-order valence-electron chi connectivity index (χ2n) is 5.51. The summed E-state index contributed by atoms with van der Waals surface area (Å²) >= 11 is 0. The maximum absolute atomic E-state index is 11.3. The molecule has 6 heteroatoms. The van der Waals surface area contributed by atoms with E-state index >= 15 is 0 Å². The Morgan fingerprint density at radius 3 is 2.17 bits per heavy atom. The van der Waals surface area contributed by atoms with Gasteiger partial charge < -0.3 is 10.0 Å². The molecule has 0 bridgehead atoms. The maximum atomic E-state index is 11.3. The summed E-state index contributed by atoms with van der Waals surface area (Å²) in [6.45, 7) is 2.21. The number of rotatable bonds is 3. The van der Waals surface area contributed by atoms with Crippen molar-refractivity contribution >= 4 is 15.8 Å². The van der Waals surface area contributed by atoms with Crippen molar-refractivity contribution in [1.29, 1.82) is 0 Å². The third-order valence-corrected chi connectivity index (χ3v) is 5.76. The first kappa shape index (κ1) is 13.8. The number of carbonyl (C=O) groups is 1. The molecule has 104 valence electrons. The molecule has 0 aromatic heterocycles. The number of nitrogens with zero attached hydrogens (tertiary/aromatic N) is 1. The molecule has 18 heavy (non-hydrogen) atoms. The number of hydrogen-bond acceptors (Lipinski definition) is 4. The van der Waals surface area contributed by atoms with Crippen molar-refractivity contribution in [3.63, 3.8) is 0 Å². The number of sulfone groups is 1. The fourth-order valence-electron chi connectivity index (χ4n) is 2.89. The van der Waals surface area contributed by atoms with E-state index < -0.39 is 15.8 Å². The van der Waals surface area contributed by atoms with Gasteiger partial charge in [-0.25, -0.2) is 8.42 Å². The third kappa shape index (κ3) is 3.68. The van der Waals surface area contributed by atoms with Crippen LogP contribution in [0.5, 0.6) is 0 Å². The van der Waals surface area contributed by atoms with Gasteiger partial charge in [-0.05, 0) is 31.6 Å². The summed E-state index contributed by atoms with van der Waals surface area (Å²) in [7, 11) is -2.80. The zero-order valence-electron chi connectivity index (χ0n) is 10.5. The van der Waals surface area contributed by atoms with E-state index in [0.717, 1.165) is 32.2 Å². The van der Waals surface area contributed by atoms with Crippen LogP contribution < -0.4 is 0 Å². The summed E-state index contributed by atoms with van der Waals surface area (Å²) in [5.74, 6) is 0.261. The van der Waals surface area contributed by atoms with Gasteiger partial charge >= 0.3 is 5.97 Å². The van der Waals surface area contributed by atoms with Crippen molar-refractivity contribution in [2.45, 2.75) is 25.7 Å². The van der Waals surface area contributed by atoms with Crippen LogP contribution in [-0.4, -0.2) is 55.5 Å². The van der Waals surface area contributed by atoms with Crippen LogP contribution in [0.1, 0.15) is 25.7 Å². The highest BCUT2D eigenvalue weighted by Gasteiger charge is 2.28. The van der Waals surface area contributed by atoms with Crippen molar-refractivity contribution < 1.29 is 18.3 Å². The molecule has 0 amide bonds. The summed E-state index contributed by atoms with van der Waals surface area (Å²) in [4.78, 5) is 13.1. The molecule has 2 aliphatic rings. The van der Waals surface area contributed by atoms with Crippen LogP contribution in [0.3, 0.4) is 0 Å². The normalized spacial score (nSPS) is 33.1. The maximum Gasteiger partial charge on any atom is 0.306 e. The largest absolute Gasteiger partial charge is 0.481 e. The van der Waals surface area contributed by atoms with Crippen molar-refractivity contribution in [2.75, 3.05) is 31.1 Å². The Labute approximate surface area is 108 Å². The van der Waals surface area contributed by atoms with Gasteiger partial charge in [0.05, 0.1) is 17.4 Å². The standard InChI is InChI=1S/C12H21NO4S/c14-12(15)11-3-1-10(2-4-11)9-13-5-7-18(16,17)8-6-13/h10-11H,1-9H2,(H,14,15). The fraction of sp³-hybridized carbons (Fsp3) is 0.917. The SMILES string of the molecule is O=C(O)C1CCC(CN2CCS(=O)(=O)CC2)CC1. The molecule has 5 nitrogen and oxygen atoms in total. The Morgan fingerprint density at radius 2 is 1.67 bits per heavy atom. The first-order valence-electron chi connectivity index (χ1n) is 6.62. The van der Waals surface area contributed by atoms with Gasteiger partial charge in [-0.15, -0.1) is 0 Å². The lowest BCUT2D eigenvalue weighted by atomic mass is 9.82. The first-order chi connectivity index (χ1) is 8.46. The quantitative estimate of drug-likeness (QED) is 0.816. The molecule has 0 aromatic rings. The molecular weight excluding hydrogens is 254 g/mol. The monoisotopic (exact) mass is 275 g/mol. The van der Waals surface area contributed by atoms with Crippen LogP contribution >= 0.6 is 0 Å². The minimum atomic E-state index is -2.80. The fourth-order valence-corrected chi connectivity index (χ4v) is 4.17. The van der Waals surface area contributed by atoms with Gasteiger partial charge in [0.1, 0.15) is 0 Å². The van der Waals surface area contributed by atoms with E-state index in [2.05, 4.69) is 4.90 Å². The molecule has 1 saturated carbocycles. The summed E-state index contributed by atoms with van der Waals surface area (Å²) < 4.78 is 22.6. The minimum Gasteiger partial charge on any atom is -0.481 e. The van der Waals surface area contributed by atoms with Gasteiger partial charge in [-0.1, -0.05) is 0 Å². The van der Waals surface area contributed by atoms with Crippen molar-refractivity contribution in [2.24, 2.45) is 11.8 Å². The smallest absolute Gasteiger partial charge is 0.306 e. The predicted molar refractivity (Wildman–Crippen MR) is 68.2 cm³/mol. The van der Waals surface area contributed by atoms with E-state index in [0.29, 0.717) is 19.0 Å². The summed E-state index contributed by atoms with van der Waals surface area (Å²) in [5, 5.41) is 8.93. The lowest BCUT2D eigenvalue weighted by Crippen LogP contribution is -2.43. The number of carboxylic acid groups (broad SMARTS) is 1. The average Bonchev–Trinajstić information content (AvgIpc) is 2.33. The number of aliphatic carboxylic acids is 1. The summed E-state index contributed by atoms with van der Waals surface area (Å²) in [5.41, 5.74) is 0. The molecule has 0 atom stereocenters. The topological polar surface area (TPSA) is 74.7 Å². The zero-order chi connectivity index (χ0) is 13.2. The van der Waals surface area contributed by atoms with E-state index in [4.69, 9.17) is 5.11 Å². The number of carboxylic acids is 1. The molecule has 1 heterocycles. The Morgan fingerprint density at radius 1 is 1.11 bits per heavy atom. The van der Waals surface area contributed by atoms with Crippen LogP contribution in [0.15, 0.2) is 0 Å². The van der Waals surface area contributed by atoms with E-state index in [1.807, 2.05) is 0 Å². The predicted octanol–water partition coefficient (Wildman–Crippen LogP) is 0.608. The van der Waals surface area contributed by atoms with E-state index in [1.165, 1.54) is 0 Å². The molecule has 2 fully saturated rings. The van der Waals surface area contributed by atoms with Crippen molar-refractivity contribution in [1.82, 2.24) is 4.90 Å². The molecule has 0 spiro atoms. The number of hydrogen-bond donors (Lipinski definition) is 1. The minimum absolute atomic E-state index is 0.164. The molecule has 1 saturated heterocycles. The van der Waals surface area contributed by atoms with Gasteiger partial charge in [-0.2, -0.15) is 0 Å². The van der Waals surface area contributed by atoms with Crippen LogP contribution in [0.25, 0.3) is 0 Å². The van der Waals surface area contributed by atoms with Gasteiger partial charge in [0.2, 0.25) is 0 Å². The van der Waals surface area contributed by atoms with E-state index in [9.17, 15) is 13.2 Å². The van der Waals surface area contributed by atoms with Gasteiger partial charge in [0.25, 0.3) is 0 Å². The van der Waals surface area contributed by atoms with Crippen molar-refractivity contribution in [3.8, 4) is 0 Å². The average molecular weight is 275 g/mol. The molecule has 0 unspecified atom stereocenters. The van der Waals surface area contributed by atoms with Crippen LogP contribution in [0, 0.1) is 11.8 Å². The van der Waals surface area contributed by atoms with Gasteiger partial charge in [-0.3, -0.25) is 4.79 Å². The highest BCUT2D eigenvalue weighted by Crippen LogP contribution is 2.29. The van der Waals surface area contributed by atoms with Gasteiger partial charge in [0, 0.05) is 19.6 Å². The van der Waals surface area contributed by atoms with Crippen LogP contribution in [0.2, 0.25) is 0 Å². The second-order valence-corrected chi connectivity index (χ2v) is 7.81. The second kappa shape index (κ2) is 5.57. The molecule has 2 rings (SSSR count). The summed E-state index contributed by atoms with van der Waals surface area (Å²) in [6.07, 6.45) is 3.46. The summed E-state index contributed by atoms with van der Waals surface area (Å²) in [6, 6.07) is 0. The molecule has 1 aliphatic carbocycles. The highest BCUT2D eigenvalue weighted by molar-refractivity contribution is 7.91. The van der Waals surface area contributed by atoms with Crippen molar-refractivity contribution in [3.05, 3.63) is 0 Å². The van der Waals surface area contributed by atoms with E-state index in [-0.39, 0.29) is 17.4 Å². The molecule has 0 radical (unpaired) electrons. The lowest BCUT2D eigenvalue weighted by Gasteiger charge is -2.33. The van der Waals surface area contributed by atoms with E-state index in [1.54, 1.807) is 0 Å². The van der Waals surface area contributed by atoms with Crippen LogP contribution in [-0.2, 0) is 14.6 Å². The Balaban J connectivity index is 1.74.